The van der Waals surface area contributed by atoms with E-state index in [-0.39, 0.29) is 35.6 Å². The van der Waals surface area contributed by atoms with Gasteiger partial charge >= 0.3 is 6.09 Å². The highest BCUT2D eigenvalue weighted by Gasteiger charge is 2.47. The van der Waals surface area contributed by atoms with E-state index in [9.17, 15) is 13.6 Å². The molecule has 174 valence electrons. The lowest BCUT2D eigenvalue weighted by atomic mass is 9.80. The molecule has 5 rings (SSSR count). The minimum absolute atomic E-state index is 0.0728. The molecule has 0 bridgehead atoms. The van der Waals surface area contributed by atoms with Crippen LogP contribution in [0.5, 0.6) is 0 Å². The molecule has 1 amide bonds. The average molecular weight is 475 g/mol. The molecular formula is C24H25ClF2N4O2. The molecule has 6 nitrogen and oxygen atoms in total. The minimum Gasteiger partial charge on any atom is -0.445 e. The van der Waals surface area contributed by atoms with Gasteiger partial charge in [0.15, 0.2) is 0 Å². The zero-order chi connectivity index (χ0) is 23.1. The number of hydrogen-bond acceptors (Lipinski definition) is 5. The van der Waals surface area contributed by atoms with Crippen LogP contribution in [0.3, 0.4) is 0 Å². The van der Waals surface area contributed by atoms with E-state index in [4.69, 9.17) is 16.3 Å². The van der Waals surface area contributed by atoms with Gasteiger partial charge in [-0.2, -0.15) is 0 Å². The van der Waals surface area contributed by atoms with Crippen molar-refractivity contribution < 1.29 is 18.3 Å². The molecule has 0 N–H and O–H groups in total. The largest absolute Gasteiger partial charge is 0.445 e. The molecule has 2 saturated heterocycles. The summed E-state index contributed by atoms with van der Waals surface area (Å²) in [6.45, 7) is 7.75. The predicted octanol–water partition coefficient (Wildman–Crippen LogP) is 4.60. The summed E-state index contributed by atoms with van der Waals surface area (Å²) >= 11 is 6.05. The molecule has 2 aromatic rings. The molecule has 0 spiro atoms. The summed E-state index contributed by atoms with van der Waals surface area (Å²) in [5.74, 6) is 0. The summed E-state index contributed by atoms with van der Waals surface area (Å²) in [4.78, 5) is 22.5. The lowest BCUT2D eigenvalue weighted by Crippen LogP contribution is -2.70. The molecule has 1 aromatic carbocycles. The van der Waals surface area contributed by atoms with E-state index in [0.717, 1.165) is 25.2 Å². The number of nitrogens with zero attached hydrogens (tertiary/aromatic N) is 4. The van der Waals surface area contributed by atoms with Crippen LogP contribution in [0.15, 0.2) is 43.0 Å². The lowest BCUT2D eigenvalue weighted by Gasteiger charge is -2.57. The Bertz CT molecular complexity index is 1060. The first kappa shape index (κ1) is 22.1. The monoisotopic (exact) mass is 474 g/mol. The number of aromatic nitrogens is 1. The van der Waals surface area contributed by atoms with Crippen LogP contribution in [0.2, 0.25) is 5.15 Å². The number of carbonyl (C=O) groups excluding carboxylic acids is 1. The number of alkyl halides is 2. The molecule has 3 aliphatic rings. The van der Waals surface area contributed by atoms with Crippen molar-refractivity contribution in [2.45, 2.75) is 31.5 Å². The van der Waals surface area contributed by atoms with Crippen LogP contribution in [0.4, 0.5) is 19.3 Å². The third-order valence-electron chi connectivity index (χ3n) is 6.80. The summed E-state index contributed by atoms with van der Waals surface area (Å²) < 4.78 is 32.5. The van der Waals surface area contributed by atoms with Crippen LogP contribution >= 0.6 is 11.6 Å². The van der Waals surface area contributed by atoms with E-state index in [1.807, 2.05) is 30.3 Å². The quantitative estimate of drug-likeness (QED) is 0.606. The second-order valence-corrected chi connectivity index (χ2v) is 9.07. The number of fused-ring (bicyclic) bond motifs is 3. The highest BCUT2D eigenvalue weighted by Crippen LogP contribution is 2.47. The first-order valence-electron chi connectivity index (χ1n) is 11.1. The maximum atomic E-state index is 13.5. The smallest absolute Gasteiger partial charge is 0.410 e. The summed E-state index contributed by atoms with van der Waals surface area (Å²) in [6.07, 6.45) is -2.38. The van der Waals surface area contributed by atoms with Crippen molar-refractivity contribution in [2.24, 2.45) is 0 Å². The molecule has 3 aliphatic heterocycles. The predicted molar refractivity (Wildman–Crippen MR) is 123 cm³/mol. The van der Waals surface area contributed by atoms with Gasteiger partial charge in [-0.1, -0.05) is 48.5 Å². The molecule has 9 heteroatoms. The minimum atomic E-state index is -2.70. The molecule has 2 fully saturated rings. The first-order valence-corrected chi connectivity index (χ1v) is 11.4. The zero-order valence-corrected chi connectivity index (χ0v) is 18.8. The summed E-state index contributed by atoms with van der Waals surface area (Å²) in [7, 11) is 0. The molecule has 0 aliphatic carbocycles. The average Bonchev–Trinajstić information content (AvgIpc) is 2.80. The van der Waals surface area contributed by atoms with Crippen LogP contribution in [0.1, 0.15) is 29.7 Å². The number of hydrogen-bond donors (Lipinski definition) is 0. The van der Waals surface area contributed by atoms with E-state index >= 15 is 0 Å². The molecule has 0 radical (unpaired) electrons. The van der Waals surface area contributed by atoms with Gasteiger partial charge in [0.1, 0.15) is 17.5 Å². The molecule has 0 saturated carbocycles. The topological polar surface area (TPSA) is 48.9 Å². The fourth-order valence-corrected chi connectivity index (χ4v) is 5.27. The van der Waals surface area contributed by atoms with Crippen LogP contribution in [-0.4, -0.2) is 65.7 Å². The standard InChI is InChI=1S/C24H25ClF2N4O2/c1-15-11-17-19(13-31(17)18-12-20(25)28-22(21(15)18)23(26)27)29-7-9-30(10-8-29)24(32)33-14-16-5-3-2-4-6-16/h2-6,12,17,19,23H,1,7-11,13-14H2/t17-,19+/m0/s1. The molecular weight excluding hydrogens is 450 g/mol. The summed E-state index contributed by atoms with van der Waals surface area (Å²) in [5.41, 5.74) is 2.49. The number of ether oxygens (including phenoxy) is 1. The van der Waals surface area contributed by atoms with Gasteiger partial charge in [-0.15, -0.1) is 0 Å². The van der Waals surface area contributed by atoms with Gasteiger partial charge < -0.3 is 14.5 Å². The Hall–Kier alpha value is -2.71. The van der Waals surface area contributed by atoms with Crippen molar-refractivity contribution >= 4 is 29.0 Å². The molecule has 1 aromatic heterocycles. The maximum absolute atomic E-state index is 13.5. The molecule has 33 heavy (non-hydrogen) atoms. The van der Waals surface area contributed by atoms with Crippen LogP contribution in [-0.2, 0) is 11.3 Å². The van der Waals surface area contributed by atoms with E-state index in [0.29, 0.717) is 36.3 Å². The van der Waals surface area contributed by atoms with Gasteiger partial charge in [-0.25, -0.2) is 18.6 Å². The first-order chi connectivity index (χ1) is 15.9. The normalized spacial score (nSPS) is 22.6. The van der Waals surface area contributed by atoms with E-state index in [2.05, 4.69) is 21.4 Å². The van der Waals surface area contributed by atoms with Gasteiger partial charge in [0.25, 0.3) is 6.43 Å². The van der Waals surface area contributed by atoms with E-state index in [1.165, 1.54) is 0 Å². The van der Waals surface area contributed by atoms with Crippen LogP contribution < -0.4 is 4.90 Å². The Kier molecular flexibility index (Phi) is 5.97. The van der Waals surface area contributed by atoms with Gasteiger partial charge in [0, 0.05) is 50.0 Å². The van der Waals surface area contributed by atoms with Crippen molar-refractivity contribution in [3.8, 4) is 0 Å². The van der Waals surface area contributed by atoms with Crippen LogP contribution in [0, 0.1) is 0 Å². The Morgan fingerprint density at radius 1 is 1.18 bits per heavy atom. The summed E-state index contributed by atoms with van der Waals surface area (Å²) in [5, 5.41) is 0.0728. The second-order valence-electron chi connectivity index (χ2n) is 8.68. The van der Waals surface area contributed by atoms with Gasteiger partial charge in [0.05, 0.1) is 6.04 Å². The maximum Gasteiger partial charge on any atom is 0.410 e. The second kappa shape index (κ2) is 8.91. The number of carbonyl (C=O) groups is 1. The van der Waals surface area contributed by atoms with Crippen molar-refractivity contribution in [3.05, 3.63) is 65.0 Å². The molecule has 0 unspecified atom stereocenters. The van der Waals surface area contributed by atoms with E-state index in [1.54, 1.807) is 11.0 Å². The number of benzene rings is 1. The Labute approximate surface area is 196 Å². The van der Waals surface area contributed by atoms with Crippen molar-refractivity contribution in [1.29, 1.82) is 0 Å². The highest BCUT2D eigenvalue weighted by atomic mass is 35.5. The number of anilines is 1. The number of pyridine rings is 1. The fraction of sp³-hybridized carbons (Fsp3) is 0.417. The Balaban J connectivity index is 1.19. The van der Waals surface area contributed by atoms with E-state index < -0.39 is 6.43 Å². The lowest BCUT2D eigenvalue weighted by molar-refractivity contribution is 0.0433. The summed E-state index contributed by atoms with van der Waals surface area (Å²) in [6, 6.07) is 11.7. The Morgan fingerprint density at radius 2 is 1.91 bits per heavy atom. The number of halogens is 3. The van der Waals surface area contributed by atoms with Gasteiger partial charge in [0.2, 0.25) is 0 Å². The van der Waals surface area contributed by atoms with Crippen LogP contribution in [0.25, 0.3) is 5.57 Å². The SMILES string of the molecule is C=C1C[C@H]2[C@H](N3CCN(C(=O)OCc4ccccc4)CC3)CN2c2cc(Cl)nc(C(F)F)c21. The van der Waals surface area contributed by atoms with Gasteiger partial charge in [-0.05, 0) is 23.6 Å². The third kappa shape index (κ3) is 4.17. The highest BCUT2D eigenvalue weighted by molar-refractivity contribution is 6.29. The fourth-order valence-electron chi connectivity index (χ4n) is 5.08. The molecule has 4 heterocycles. The zero-order valence-electron chi connectivity index (χ0n) is 18.1. The van der Waals surface area contributed by atoms with Crippen molar-refractivity contribution in [3.63, 3.8) is 0 Å². The number of rotatable bonds is 4. The van der Waals surface area contributed by atoms with Gasteiger partial charge in [-0.3, -0.25) is 4.90 Å². The number of piperazine rings is 1. The third-order valence-corrected chi connectivity index (χ3v) is 6.99. The number of amides is 1. The molecule has 2 atom stereocenters. The van der Waals surface area contributed by atoms with Crippen molar-refractivity contribution in [1.82, 2.24) is 14.8 Å². The Morgan fingerprint density at radius 3 is 2.61 bits per heavy atom. The van der Waals surface area contributed by atoms with Crippen molar-refractivity contribution in [2.75, 3.05) is 37.6 Å².